The Morgan fingerprint density at radius 3 is 2.58 bits per heavy atom. The van der Waals surface area contributed by atoms with Gasteiger partial charge in [-0.15, -0.1) is 0 Å². The molecule has 0 bridgehead atoms. The standard InChI is InChI=1S/C37H41NO10/c1-3-23-8-4-5-9-24(23)10-6-7-22(2)17-18-38-21-37(45)34(42)32(41)33(35(43)44)48-36(37)47-27-15-16-28-30(19-27)46-20-29(31(28)40)25-11-13-26(39)14-12-25/h4-6,8-16,19-20,22,32-34,36,38-39,41-42,45H,3,7,17-18,21H2,1-2H3,(H,43,44). The predicted octanol–water partition coefficient (Wildman–Crippen LogP) is 4.09. The molecule has 0 saturated carbocycles. The number of carbonyl (C=O) groups is 1. The summed E-state index contributed by atoms with van der Waals surface area (Å²) in [5.41, 5.74) is 0.861. The topological polar surface area (TPSA) is 179 Å². The van der Waals surface area contributed by atoms with Crippen LogP contribution in [0.2, 0.25) is 0 Å². The third-order valence-electron chi connectivity index (χ3n) is 8.73. The molecule has 1 saturated heterocycles. The number of phenolic OH excluding ortho intramolecular Hbond substituents is 1. The number of carboxylic acid groups (broad SMARTS) is 1. The molecule has 0 amide bonds. The van der Waals surface area contributed by atoms with Gasteiger partial charge >= 0.3 is 5.97 Å². The number of aliphatic hydroxyl groups excluding tert-OH is 2. The Kier molecular flexibility index (Phi) is 11.0. The zero-order chi connectivity index (χ0) is 34.4. The first kappa shape index (κ1) is 34.8. The quantitative estimate of drug-likeness (QED) is 0.114. The Morgan fingerprint density at radius 1 is 1.10 bits per heavy atom. The molecule has 6 N–H and O–H groups in total. The van der Waals surface area contributed by atoms with Gasteiger partial charge in [0.05, 0.1) is 10.9 Å². The van der Waals surface area contributed by atoms with E-state index in [1.54, 1.807) is 12.1 Å². The van der Waals surface area contributed by atoms with Crippen LogP contribution in [0.15, 0.2) is 88.3 Å². The highest BCUT2D eigenvalue weighted by molar-refractivity contribution is 5.82. The second-order valence-corrected chi connectivity index (χ2v) is 12.2. The van der Waals surface area contributed by atoms with Gasteiger partial charge in [0.2, 0.25) is 6.29 Å². The third-order valence-corrected chi connectivity index (χ3v) is 8.73. The lowest BCUT2D eigenvalue weighted by atomic mass is 9.86. The van der Waals surface area contributed by atoms with Crippen molar-refractivity contribution in [3.05, 3.63) is 100 Å². The number of hydrogen-bond acceptors (Lipinski definition) is 10. The Balaban J connectivity index is 1.27. The smallest absolute Gasteiger partial charge is 0.335 e. The van der Waals surface area contributed by atoms with Gasteiger partial charge in [0.1, 0.15) is 35.6 Å². The summed E-state index contributed by atoms with van der Waals surface area (Å²) in [5, 5.41) is 55.6. The molecule has 0 radical (unpaired) electrons. The maximum absolute atomic E-state index is 13.2. The number of benzene rings is 3. The zero-order valence-corrected chi connectivity index (χ0v) is 26.8. The van der Waals surface area contributed by atoms with Gasteiger partial charge in [0.15, 0.2) is 17.1 Å². The van der Waals surface area contributed by atoms with Crippen LogP contribution in [-0.2, 0) is 16.0 Å². The molecular formula is C37H41NO10. The van der Waals surface area contributed by atoms with Crippen molar-refractivity contribution < 1.29 is 44.2 Å². The SMILES string of the molecule is CCc1ccccc1C=CCC(C)CCNCC1(O)C(Oc2ccc3c(=O)c(-c4ccc(O)cc4)coc3c2)OC(C(=O)O)C(O)C1O. The van der Waals surface area contributed by atoms with E-state index in [1.165, 1.54) is 47.7 Å². The molecule has 0 spiro atoms. The van der Waals surface area contributed by atoms with Gasteiger partial charge in [0, 0.05) is 12.6 Å². The van der Waals surface area contributed by atoms with Crippen LogP contribution in [0.1, 0.15) is 37.8 Å². The lowest BCUT2D eigenvalue weighted by molar-refractivity contribution is -0.311. The van der Waals surface area contributed by atoms with Crippen LogP contribution in [0.3, 0.4) is 0 Å². The van der Waals surface area contributed by atoms with Crippen LogP contribution in [0.25, 0.3) is 28.2 Å². The third kappa shape index (κ3) is 7.61. The molecule has 1 aliphatic heterocycles. The number of aliphatic carboxylic acids is 1. The summed E-state index contributed by atoms with van der Waals surface area (Å²) in [6.45, 7) is 4.39. The number of phenols is 1. The first-order valence-corrected chi connectivity index (χ1v) is 16.0. The van der Waals surface area contributed by atoms with Gasteiger partial charge in [-0.2, -0.15) is 0 Å². The lowest BCUT2D eigenvalue weighted by Gasteiger charge is -2.46. The van der Waals surface area contributed by atoms with Crippen LogP contribution in [-0.4, -0.2) is 74.8 Å². The van der Waals surface area contributed by atoms with Crippen molar-refractivity contribution in [2.24, 2.45) is 5.92 Å². The maximum Gasteiger partial charge on any atom is 0.335 e. The first-order valence-electron chi connectivity index (χ1n) is 16.0. The largest absolute Gasteiger partial charge is 0.508 e. The van der Waals surface area contributed by atoms with Crippen molar-refractivity contribution >= 4 is 23.0 Å². The van der Waals surface area contributed by atoms with Gasteiger partial charge in [-0.3, -0.25) is 4.79 Å². The molecule has 6 atom stereocenters. The fourth-order valence-electron chi connectivity index (χ4n) is 5.80. The van der Waals surface area contributed by atoms with E-state index in [0.717, 1.165) is 19.3 Å². The van der Waals surface area contributed by atoms with E-state index in [1.807, 2.05) is 12.1 Å². The summed E-state index contributed by atoms with van der Waals surface area (Å²) in [4.78, 5) is 25.0. The van der Waals surface area contributed by atoms with Crippen molar-refractivity contribution in [2.45, 2.75) is 63.3 Å². The highest BCUT2D eigenvalue weighted by Crippen LogP contribution is 2.33. The molecule has 4 aromatic rings. The van der Waals surface area contributed by atoms with E-state index >= 15 is 0 Å². The lowest BCUT2D eigenvalue weighted by Crippen LogP contribution is -2.71. The highest BCUT2D eigenvalue weighted by Gasteiger charge is 2.58. The van der Waals surface area contributed by atoms with E-state index in [4.69, 9.17) is 13.9 Å². The van der Waals surface area contributed by atoms with Gasteiger partial charge in [-0.05, 0) is 72.7 Å². The molecule has 254 valence electrons. The number of fused-ring (bicyclic) bond motifs is 1. The molecule has 0 aliphatic carbocycles. The Hall–Kier alpha value is -4.52. The van der Waals surface area contributed by atoms with Gasteiger partial charge in [-0.25, -0.2) is 4.79 Å². The molecule has 5 rings (SSSR count). The average Bonchev–Trinajstić information content (AvgIpc) is 3.08. The van der Waals surface area contributed by atoms with Gasteiger partial charge in [-0.1, -0.05) is 62.4 Å². The molecule has 11 heteroatoms. The summed E-state index contributed by atoms with van der Waals surface area (Å²) in [5.74, 6) is -1.13. The molecule has 1 aromatic heterocycles. The Bertz CT molecular complexity index is 1800. The monoisotopic (exact) mass is 659 g/mol. The second kappa shape index (κ2) is 15.1. The van der Waals surface area contributed by atoms with E-state index in [9.17, 15) is 35.1 Å². The van der Waals surface area contributed by atoms with Crippen LogP contribution in [0, 0.1) is 5.92 Å². The van der Waals surface area contributed by atoms with Crippen molar-refractivity contribution in [3.63, 3.8) is 0 Å². The number of aliphatic hydroxyl groups is 3. The van der Waals surface area contributed by atoms with E-state index in [2.05, 4.69) is 43.4 Å². The molecule has 48 heavy (non-hydrogen) atoms. The van der Waals surface area contributed by atoms with E-state index < -0.39 is 36.2 Å². The minimum absolute atomic E-state index is 0.0560. The second-order valence-electron chi connectivity index (χ2n) is 12.2. The number of allylic oxidation sites excluding steroid dienone is 1. The predicted molar refractivity (Wildman–Crippen MR) is 180 cm³/mol. The first-order chi connectivity index (χ1) is 23.0. The van der Waals surface area contributed by atoms with Crippen LogP contribution in [0.5, 0.6) is 11.5 Å². The van der Waals surface area contributed by atoms with Crippen LogP contribution >= 0.6 is 0 Å². The molecule has 11 nitrogen and oxygen atoms in total. The van der Waals surface area contributed by atoms with Gasteiger partial charge < -0.3 is 44.7 Å². The van der Waals surface area contributed by atoms with Crippen molar-refractivity contribution in [1.29, 1.82) is 0 Å². The zero-order valence-electron chi connectivity index (χ0n) is 26.8. The van der Waals surface area contributed by atoms with Crippen molar-refractivity contribution in [2.75, 3.05) is 13.1 Å². The molecular weight excluding hydrogens is 618 g/mol. The Labute approximate surface area is 277 Å². The molecule has 6 unspecified atom stereocenters. The number of carboxylic acids is 1. The van der Waals surface area contributed by atoms with Crippen molar-refractivity contribution in [1.82, 2.24) is 5.32 Å². The molecule has 1 fully saturated rings. The normalized spacial score (nSPS) is 23.4. The van der Waals surface area contributed by atoms with Crippen LogP contribution < -0.4 is 15.5 Å². The minimum atomic E-state index is -2.25. The minimum Gasteiger partial charge on any atom is -0.508 e. The molecule has 3 aromatic carbocycles. The summed E-state index contributed by atoms with van der Waals surface area (Å²) in [6.07, 6.45) is 0.583. The summed E-state index contributed by atoms with van der Waals surface area (Å²) in [6, 6.07) is 18.6. The highest BCUT2D eigenvalue weighted by atomic mass is 16.7. The summed E-state index contributed by atoms with van der Waals surface area (Å²) >= 11 is 0. The molecule has 1 aliphatic rings. The van der Waals surface area contributed by atoms with E-state index in [0.29, 0.717) is 18.0 Å². The maximum atomic E-state index is 13.2. The van der Waals surface area contributed by atoms with E-state index in [-0.39, 0.29) is 40.0 Å². The number of aromatic hydroxyl groups is 1. The number of rotatable bonds is 13. The summed E-state index contributed by atoms with van der Waals surface area (Å²) < 4.78 is 17.1. The summed E-state index contributed by atoms with van der Waals surface area (Å²) in [7, 11) is 0. The number of ether oxygens (including phenoxy) is 2. The fraction of sp³-hybridized carbons (Fsp3) is 0.351. The molecule has 2 heterocycles. The fourth-order valence-corrected chi connectivity index (χ4v) is 5.80. The number of hydrogen-bond donors (Lipinski definition) is 6. The van der Waals surface area contributed by atoms with Crippen molar-refractivity contribution in [3.8, 4) is 22.6 Å². The number of nitrogens with one attached hydrogen (secondary N) is 1. The average molecular weight is 660 g/mol. The number of aryl methyl sites for hydroxylation is 1. The van der Waals surface area contributed by atoms with Gasteiger partial charge in [0.25, 0.3) is 0 Å². The van der Waals surface area contributed by atoms with Crippen LogP contribution in [0.4, 0.5) is 0 Å². The Morgan fingerprint density at radius 2 is 1.85 bits per heavy atom.